The summed E-state index contributed by atoms with van der Waals surface area (Å²) in [5.41, 5.74) is 2.39. The Labute approximate surface area is 294 Å². The van der Waals surface area contributed by atoms with Gasteiger partial charge in [-0.1, -0.05) is 63.9 Å². The fourth-order valence-electron chi connectivity index (χ4n) is 9.16. The molecule has 10 nitrogen and oxygen atoms in total. The van der Waals surface area contributed by atoms with Gasteiger partial charge in [-0.25, -0.2) is 14.8 Å². The largest absolute Gasteiger partial charge is 0.497 e. The standard InChI is InChI=1S/C40H50N4O6/c1-23(45)34-33(24-12-8-6-9-13-24)32-22-44(34)38(46)36(40(2,3)4)43-39(47)50-35-26-17-16-25(20-26)28(35)14-10-7-11-15-30-37(49-32)42-31-21-27(48-5)18-19-29(31)41-30/h6,8-9,12-13,18-19,21,25-26,28,32-36H,7,10-11,14-17,20,22H2,1-5H3,(H,43,47)/t25-,26+,28-,32+,33-,34-,35-,36-/m1/s1. The number of rotatable bonds is 3. The molecule has 4 bridgehead atoms. The fraction of sp³-hybridized carbons (Fsp3) is 0.575. The van der Waals surface area contributed by atoms with Gasteiger partial charge in [-0.2, -0.15) is 0 Å². The number of ether oxygens (including phenoxy) is 3. The number of fused-ring (bicyclic) bond motifs is 9. The second kappa shape index (κ2) is 13.8. The van der Waals surface area contributed by atoms with Crippen molar-refractivity contribution in [3.8, 4) is 11.6 Å². The summed E-state index contributed by atoms with van der Waals surface area (Å²) < 4.78 is 18.6. The van der Waals surface area contributed by atoms with Gasteiger partial charge < -0.3 is 24.4 Å². The van der Waals surface area contributed by atoms with E-state index in [-0.39, 0.29) is 24.3 Å². The van der Waals surface area contributed by atoms with Crippen LogP contribution in [0.25, 0.3) is 11.0 Å². The molecule has 1 saturated heterocycles. The van der Waals surface area contributed by atoms with E-state index >= 15 is 0 Å². The number of amides is 2. The molecule has 1 N–H and O–H groups in total. The van der Waals surface area contributed by atoms with E-state index in [1.54, 1.807) is 12.0 Å². The topological polar surface area (TPSA) is 120 Å². The second-order valence-corrected chi connectivity index (χ2v) is 15.9. The average molecular weight is 683 g/mol. The van der Waals surface area contributed by atoms with Crippen LogP contribution in [0.3, 0.4) is 0 Å². The van der Waals surface area contributed by atoms with E-state index < -0.39 is 35.6 Å². The number of alkyl carbamates (subject to hydrolysis) is 1. The maximum absolute atomic E-state index is 14.7. The van der Waals surface area contributed by atoms with E-state index in [9.17, 15) is 14.4 Å². The van der Waals surface area contributed by atoms with Gasteiger partial charge in [0.25, 0.3) is 0 Å². The molecule has 3 heterocycles. The lowest BCUT2D eigenvalue weighted by molar-refractivity contribution is -0.141. The monoisotopic (exact) mass is 682 g/mol. The number of carbonyl (C=O) groups is 3. The molecule has 266 valence electrons. The maximum Gasteiger partial charge on any atom is 0.408 e. The summed E-state index contributed by atoms with van der Waals surface area (Å²) in [5.74, 6) is 1.38. The third-order valence-corrected chi connectivity index (χ3v) is 11.6. The van der Waals surface area contributed by atoms with Gasteiger partial charge in [0.15, 0.2) is 5.78 Å². The van der Waals surface area contributed by atoms with Gasteiger partial charge in [0.2, 0.25) is 11.8 Å². The van der Waals surface area contributed by atoms with Crippen LogP contribution in [0.15, 0.2) is 48.5 Å². The van der Waals surface area contributed by atoms with Crippen molar-refractivity contribution in [3.63, 3.8) is 0 Å². The van der Waals surface area contributed by atoms with Crippen LogP contribution >= 0.6 is 0 Å². The number of aryl methyl sites for hydroxylation is 1. The maximum atomic E-state index is 14.7. The van der Waals surface area contributed by atoms with Crippen LogP contribution < -0.4 is 14.8 Å². The zero-order chi connectivity index (χ0) is 35.2. The highest BCUT2D eigenvalue weighted by molar-refractivity contribution is 5.93. The Balaban J connectivity index is 1.31. The van der Waals surface area contributed by atoms with Gasteiger partial charge in [-0.05, 0) is 86.3 Å². The Kier molecular flexibility index (Phi) is 9.48. The first-order chi connectivity index (χ1) is 24.0. The minimum absolute atomic E-state index is 0.137. The summed E-state index contributed by atoms with van der Waals surface area (Å²) in [6, 6.07) is 13.6. The highest BCUT2D eigenvalue weighted by Crippen LogP contribution is 2.52. The predicted octanol–water partition coefficient (Wildman–Crippen LogP) is 6.64. The number of Topliss-reactive ketones (excluding diaryl/α,β-unsaturated/α-hetero) is 1. The molecule has 2 aliphatic heterocycles. The zero-order valence-electron chi connectivity index (χ0n) is 29.9. The van der Waals surface area contributed by atoms with Crippen molar-refractivity contribution in [3.05, 3.63) is 59.8 Å². The van der Waals surface area contributed by atoms with Crippen molar-refractivity contribution >= 4 is 28.8 Å². The highest BCUT2D eigenvalue weighted by atomic mass is 16.6. The van der Waals surface area contributed by atoms with Crippen molar-refractivity contribution in [1.29, 1.82) is 0 Å². The van der Waals surface area contributed by atoms with Gasteiger partial charge in [0.05, 0.1) is 30.6 Å². The third kappa shape index (κ3) is 6.65. The molecule has 10 heteroatoms. The SMILES string of the molecule is COc1ccc2nc3c(nc2c1)O[C@H]1CN(C(=O)[C@H](C(C)(C)C)NC(=O)O[C@@H]2[C@H]4CC[C@H](C4)[C@H]2CCCCC3)[C@H](C(C)=O)[C@@H]1c1ccccc1. The molecule has 4 aliphatic rings. The van der Waals surface area contributed by atoms with Crippen LogP contribution in [0.4, 0.5) is 4.79 Å². The molecule has 8 atom stereocenters. The number of benzene rings is 2. The molecule has 7 rings (SSSR count). The highest BCUT2D eigenvalue weighted by Gasteiger charge is 2.53. The first kappa shape index (κ1) is 34.2. The minimum Gasteiger partial charge on any atom is -0.497 e. The summed E-state index contributed by atoms with van der Waals surface area (Å²) in [6.45, 7) is 7.44. The molecule has 3 aromatic rings. The van der Waals surface area contributed by atoms with E-state index in [2.05, 4.69) is 5.32 Å². The van der Waals surface area contributed by atoms with Crippen molar-refractivity contribution < 1.29 is 28.6 Å². The Morgan fingerprint density at radius 1 is 0.940 bits per heavy atom. The molecule has 2 aromatic carbocycles. The minimum atomic E-state index is -0.925. The molecule has 0 spiro atoms. The molecular weight excluding hydrogens is 632 g/mol. The molecular formula is C40H50N4O6. The molecule has 2 aliphatic carbocycles. The number of nitrogens with zero attached hydrogens (tertiary/aromatic N) is 3. The Morgan fingerprint density at radius 3 is 2.46 bits per heavy atom. The van der Waals surface area contributed by atoms with Crippen LogP contribution in [0.1, 0.15) is 89.8 Å². The van der Waals surface area contributed by atoms with E-state index in [4.69, 9.17) is 24.2 Å². The van der Waals surface area contributed by atoms with Crippen molar-refractivity contribution in [1.82, 2.24) is 20.2 Å². The zero-order valence-corrected chi connectivity index (χ0v) is 29.9. The van der Waals surface area contributed by atoms with Crippen LogP contribution in [0.5, 0.6) is 11.6 Å². The summed E-state index contributed by atoms with van der Waals surface area (Å²) >= 11 is 0. The number of carbonyl (C=O) groups excluding carboxylic acids is 3. The number of hydrogen-bond donors (Lipinski definition) is 1. The normalized spacial score (nSPS) is 30.4. The van der Waals surface area contributed by atoms with E-state index in [1.807, 2.05) is 69.3 Å². The van der Waals surface area contributed by atoms with Gasteiger partial charge in [-0.3, -0.25) is 9.59 Å². The van der Waals surface area contributed by atoms with Crippen LogP contribution in [-0.2, 0) is 20.7 Å². The quantitative estimate of drug-likeness (QED) is 0.327. The van der Waals surface area contributed by atoms with Crippen molar-refractivity contribution in [2.45, 2.75) is 109 Å². The van der Waals surface area contributed by atoms with E-state index in [0.717, 1.165) is 55.3 Å². The smallest absolute Gasteiger partial charge is 0.408 e. The number of methoxy groups -OCH3 is 1. The average Bonchev–Trinajstić information content (AvgIpc) is 3.80. The van der Waals surface area contributed by atoms with E-state index in [0.29, 0.717) is 41.3 Å². The molecule has 0 unspecified atom stereocenters. The van der Waals surface area contributed by atoms with Crippen LogP contribution in [-0.4, -0.2) is 70.6 Å². The van der Waals surface area contributed by atoms with Gasteiger partial charge in [0, 0.05) is 6.07 Å². The first-order valence-electron chi connectivity index (χ1n) is 18.4. The molecule has 2 amide bonds. The van der Waals surface area contributed by atoms with Crippen LogP contribution in [0.2, 0.25) is 0 Å². The van der Waals surface area contributed by atoms with Crippen LogP contribution in [0, 0.1) is 23.2 Å². The number of ketones is 1. The van der Waals surface area contributed by atoms with Gasteiger partial charge in [0.1, 0.15) is 35.7 Å². The number of aromatic nitrogens is 2. The Hall–Kier alpha value is -4.21. The molecule has 50 heavy (non-hydrogen) atoms. The molecule has 2 saturated carbocycles. The number of nitrogens with one attached hydrogen (secondary N) is 1. The lowest BCUT2D eigenvalue weighted by Crippen LogP contribution is -2.57. The summed E-state index contributed by atoms with van der Waals surface area (Å²) in [7, 11) is 1.62. The fourth-order valence-corrected chi connectivity index (χ4v) is 9.16. The van der Waals surface area contributed by atoms with Crippen molar-refractivity contribution in [2.24, 2.45) is 23.2 Å². The lowest BCUT2D eigenvalue weighted by Gasteiger charge is -2.36. The summed E-state index contributed by atoms with van der Waals surface area (Å²) in [4.78, 5) is 53.7. The van der Waals surface area contributed by atoms with Gasteiger partial charge >= 0.3 is 6.09 Å². The summed E-state index contributed by atoms with van der Waals surface area (Å²) in [6.07, 6.45) is 6.67. The Bertz CT molecular complexity index is 1740. The predicted molar refractivity (Wildman–Crippen MR) is 189 cm³/mol. The molecule has 3 fully saturated rings. The van der Waals surface area contributed by atoms with Gasteiger partial charge in [-0.15, -0.1) is 0 Å². The number of hydrogen-bond acceptors (Lipinski definition) is 8. The lowest BCUT2D eigenvalue weighted by atomic mass is 9.82. The third-order valence-electron chi connectivity index (χ3n) is 11.6. The summed E-state index contributed by atoms with van der Waals surface area (Å²) in [5, 5.41) is 2.99. The van der Waals surface area contributed by atoms with Crippen molar-refractivity contribution in [2.75, 3.05) is 13.7 Å². The Morgan fingerprint density at radius 2 is 1.72 bits per heavy atom. The molecule has 0 radical (unpaired) electrons. The first-order valence-corrected chi connectivity index (χ1v) is 18.4. The second-order valence-electron chi connectivity index (χ2n) is 15.9. The van der Waals surface area contributed by atoms with E-state index in [1.165, 1.54) is 13.3 Å². The molecule has 1 aromatic heterocycles.